The number of H-pyrrole nitrogens is 1. The van der Waals surface area contributed by atoms with Crippen molar-refractivity contribution in [2.45, 2.75) is 0 Å². The van der Waals surface area contributed by atoms with Gasteiger partial charge in [0.15, 0.2) is 0 Å². The fourth-order valence-corrected chi connectivity index (χ4v) is 2.75. The molecule has 0 saturated carbocycles. The molecular formula is C18H13N5OS. The highest BCUT2D eigenvalue weighted by Crippen LogP contribution is 2.07. The lowest BCUT2D eigenvalue weighted by atomic mass is 10.2. The molecule has 0 aliphatic carbocycles. The smallest absolute Gasteiger partial charge is 0.282 e. The molecule has 4 rings (SSSR count). The van der Waals surface area contributed by atoms with E-state index in [0.29, 0.717) is 10.9 Å². The highest BCUT2D eigenvalue weighted by Gasteiger charge is 2.04. The summed E-state index contributed by atoms with van der Waals surface area (Å²) in [4.78, 5) is 15.5. The summed E-state index contributed by atoms with van der Waals surface area (Å²) in [6.07, 6.45) is 5.07. The standard InChI is InChI=1S/C18H13N5OS/c24-17-15-8-4-5-9-16(15)21-18(25)23(17)20-11-13-10-19-22(12-13)14-6-2-1-3-7-14/h1-12H,(H,21,25)/b20-11-. The van der Waals surface area contributed by atoms with Crippen LogP contribution < -0.4 is 5.56 Å². The van der Waals surface area contributed by atoms with Crippen LogP contribution >= 0.6 is 12.2 Å². The van der Waals surface area contributed by atoms with Gasteiger partial charge in [0.2, 0.25) is 4.77 Å². The Bertz CT molecular complexity index is 1190. The van der Waals surface area contributed by atoms with Crippen molar-refractivity contribution in [1.82, 2.24) is 19.4 Å². The minimum Gasteiger partial charge on any atom is -0.330 e. The number of nitrogens with one attached hydrogen (secondary N) is 1. The van der Waals surface area contributed by atoms with Crippen LogP contribution in [0.3, 0.4) is 0 Å². The monoisotopic (exact) mass is 347 g/mol. The number of para-hydroxylation sites is 2. The summed E-state index contributed by atoms with van der Waals surface area (Å²) in [5.74, 6) is 0. The third-order valence-electron chi connectivity index (χ3n) is 3.73. The highest BCUT2D eigenvalue weighted by atomic mass is 32.1. The number of hydrogen-bond donors (Lipinski definition) is 1. The van der Waals surface area contributed by atoms with Gasteiger partial charge in [-0.2, -0.15) is 14.9 Å². The molecule has 2 heterocycles. The minimum atomic E-state index is -0.258. The average molecular weight is 347 g/mol. The quantitative estimate of drug-likeness (QED) is 0.457. The van der Waals surface area contributed by atoms with Crippen LogP contribution in [0.5, 0.6) is 0 Å². The zero-order valence-electron chi connectivity index (χ0n) is 13.0. The molecule has 0 saturated heterocycles. The molecule has 4 aromatic rings. The van der Waals surface area contributed by atoms with Crippen molar-refractivity contribution in [2.24, 2.45) is 5.10 Å². The zero-order valence-corrected chi connectivity index (χ0v) is 13.9. The van der Waals surface area contributed by atoms with Crippen molar-refractivity contribution in [2.75, 3.05) is 0 Å². The van der Waals surface area contributed by atoms with Crippen molar-refractivity contribution >= 4 is 29.3 Å². The molecule has 122 valence electrons. The van der Waals surface area contributed by atoms with Crippen molar-refractivity contribution in [3.05, 3.63) is 87.7 Å². The van der Waals surface area contributed by atoms with Crippen LogP contribution in [0.1, 0.15) is 5.56 Å². The molecule has 0 spiro atoms. The second-order valence-electron chi connectivity index (χ2n) is 5.39. The molecule has 0 atom stereocenters. The predicted octanol–water partition coefficient (Wildman–Crippen LogP) is 3.13. The van der Waals surface area contributed by atoms with Crippen molar-refractivity contribution in [3.63, 3.8) is 0 Å². The molecule has 0 bridgehead atoms. The molecule has 0 aliphatic heterocycles. The molecular weight excluding hydrogens is 334 g/mol. The number of nitrogens with zero attached hydrogens (tertiary/aromatic N) is 4. The first-order chi connectivity index (χ1) is 12.2. The van der Waals surface area contributed by atoms with Crippen molar-refractivity contribution < 1.29 is 0 Å². The summed E-state index contributed by atoms with van der Waals surface area (Å²) in [6, 6.07) is 16.9. The van der Waals surface area contributed by atoms with Gasteiger partial charge in [-0.15, -0.1) is 0 Å². The van der Waals surface area contributed by atoms with Gasteiger partial charge in [-0.1, -0.05) is 30.3 Å². The van der Waals surface area contributed by atoms with Crippen LogP contribution in [0.4, 0.5) is 0 Å². The summed E-state index contributed by atoms with van der Waals surface area (Å²) >= 11 is 5.24. The molecule has 0 amide bonds. The highest BCUT2D eigenvalue weighted by molar-refractivity contribution is 7.71. The van der Waals surface area contributed by atoms with E-state index in [1.165, 1.54) is 4.68 Å². The van der Waals surface area contributed by atoms with E-state index in [1.54, 1.807) is 29.2 Å². The average Bonchev–Trinajstić information content (AvgIpc) is 3.11. The Hall–Kier alpha value is -3.32. The van der Waals surface area contributed by atoms with Crippen LogP contribution in [-0.4, -0.2) is 25.7 Å². The van der Waals surface area contributed by atoms with E-state index < -0.39 is 0 Å². The molecule has 0 radical (unpaired) electrons. The van der Waals surface area contributed by atoms with Crippen LogP contribution in [-0.2, 0) is 0 Å². The zero-order chi connectivity index (χ0) is 17.2. The lowest BCUT2D eigenvalue weighted by Gasteiger charge is -2.01. The van der Waals surface area contributed by atoms with Crippen LogP contribution in [0.2, 0.25) is 0 Å². The summed E-state index contributed by atoms with van der Waals surface area (Å²) in [7, 11) is 0. The van der Waals surface area contributed by atoms with Gasteiger partial charge in [-0.25, -0.2) is 4.68 Å². The Morgan fingerprint density at radius 1 is 1.08 bits per heavy atom. The molecule has 0 fully saturated rings. The van der Waals surface area contributed by atoms with Crippen LogP contribution in [0, 0.1) is 4.77 Å². The number of benzene rings is 2. The molecule has 0 unspecified atom stereocenters. The lowest BCUT2D eigenvalue weighted by Crippen LogP contribution is -2.18. The van der Waals surface area contributed by atoms with E-state index in [9.17, 15) is 4.79 Å². The molecule has 0 aliphatic rings. The van der Waals surface area contributed by atoms with Gasteiger partial charge in [-0.3, -0.25) is 4.79 Å². The maximum Gasteiger partial charge on any atom is 0.282 e. The Kier molecular flexibility index (Phi) is 3.83. The van der Waals surface area contributed by atoms with Gasteiger partial charge in [0.1, 0.15) is 0 Å². The van der Waals surface area contributed by atoms with Crippen LogP contribution in [0.15, 0.2) is 76.9 Å². The first-order valence-electron chi connectivity index (χ1n) is 7.61. The Morgan fingerprint density at radius 3 is 2.68 bits per heavy atom. The SMILES string of the molecule is O=c1c2ccccc2[nH]c(=S)n1/N=C\c1cnn(-c2ccccc2)c1. The van der Waals surface area contributed by atoms with E-state index in [1.807, 2.05) is 48.7 Å². The third kappa shape index (κ3) is 2.92. The maximum absolute atomic E-state index is 12.5. The van der Waals surface area contributed by atoms with Gasteiger partial charge in [0.25, 0.3) is 5.56 Å². The summed E-state index contributed by atoms with van der Waals surface area (Å²) in [5.41, 5.74) is 2.15. The van der Waals surface area contributed by atoms with E-state index in [-0.39, 0.29) is 10.3 Å². The molecule has 6 nitrogen and oxygen atoms in total. The Labute approximate surface area is 147 Å². The fourth-order valence-electron chi connectivity index (χ4n) is 2.51. The first-order valence-corrected chi connectivity index (χ1v) is 8.02. The van der Waals surface area contributed by atoms with Crippen molar-refractivity contribution in [3.8, 4) is 5.69 Å². The second-order valence-corrected chi connectivity index (χ2v) is 5.78. The third-order valence-corrected chi connectivity index (χ3v) is 4.00. The number of fused-ring (bicyclic) bond motifs is 1. The van der Waals surface area contributed by atoms with E-state index >= 15 is 0 Å². The topological polar surface area (TPSA) is 68.0 Å². The second kappa shape index (κ2) is 6.29. The predicted molar refractivity (Wildman–Crippen MR) is 99.9 cm³/mol. The van der Waals surface area contributed by atoms with E-state index in [4.69, 9.17) is 12.2 Å². The summed E-state index contributed by atoms with van der Waals surface area (Å²) < 4.78 is 3.17. The number of aromatic amines is 1. The normalized spacial score (nSPS) is 11.4. The number of aromatic nitrogens is 4. The summed E-state index contributed by atoms with van der Waals surface area (Å²) in [6.45, 7) is 0. The molecule has 2 aromatic heterocycles. The van der Waals surface area contributed by atoms with Gasteiger partial charge < -0.3 is 4.98 Å². The van der Waals surface area contributed by atoms with Gasteiger partial charge >= 0.3 is 0 Å². The Morgan fingerprint density at radius 2 is 1.84 bits per heavy atom. The lowest BCUT2D eigenvalue weighted by molar-refractivity contribution is 0.800. The van der Waals surface area contributed by atoms with E-state index in [0.717, 1.165) is 11.3 Å². The summed E-state index contributed by atoms with van der Waals surface area (Å²) in [5, 5.41) is 9.06. The van der Waals surface area contributed by atoms with Gasteiger partial charge in [0.05, 0.1) is 29.0 Å². The minimum absolute atomic E-state index is 0.246. The Balaban J connectivity index is 1.71. The van der Waals surface area contributed by atoms with E-state index in [2.05, 4.69) is 15.2 Å². The van der Waals surface area contributed by atoms with Gasteiger partial charge in [-0.05, 0) is 36.5 Å². The molecule has 7 heteroatoms. The molecule has 1 N–H and O–H groups in total. The molecule has 25 heavy (non-hydrogen) atoms. The van der Waals surface area contributed by atoms with Crippen LogP contribution in [0.25, 0.3) is 16.6 Å². The number of rotatable bonds is 3. The largest absolute Gasteiger partial charge is 0.330 e. The first kappa shape index (κ1) is 15.2. The van der Waals surface area contributed by atoms with Crippen molar-refractivity contribution in [1.29, 1.82) is 0 Å². The molecule has 2 aromatic carbocycles. The number of hydrogen-bond acceptors (Lipinski definition) is 4. The fraction of sp³-hybridized carbons (Fsp3) is 0. The van der Waals surface area contributed by atoms with Gasteiger partial charge in [0, 0.05) is 11.8 Å². The maximum atomic E-state index is 12.5.